The number of benzene rings is 2. The molecule has 5 heteroatoms. The van der Waals surface area contributed by atoms with Gasteiger partial charge in [0.2, 0.25) is 0 Å². The number of aromatic nitrogens is 2. The summed E-state index contributed by atoms with van der Waals surface area (Å²) in [5.41, 5.74) is 5.22. The molecule has 0 saturated carbocycles. The van der Waals surface area contributed by atoms with Gasteiger partial charge in [-0.05, 0) is 48.4 Å². The van der Waals surface area contributed by atoms with Crippen molar-refractivity contribution in [2.45, 2.75) is 26.7 Å². The highest BCUT2D eigenvalue weighted by molar-refractivity contribution is 5.62. The molecule has 0 spiro atoms. The van der Waals surface area contributed by atoms with E-state index in [2.05, 4.69) is 27.8 Å². The molecule has 0 fully saturated rings. The van der Waals surface area contributed by atoms with Gasteiger partial charge in [0.05, 0.1) is 26.4 Å². The van der Waals surface area contributed by atoms with Crippen LogP contribution in [0, 0.1) is 0 Å². The van der Waals surface area contributed by atoms with Gasteiger partial charge in [-0.2, -0.15) is 0 Å². The van der Waals surface area contributed by atoms with Gasteiger partial charge in [-0.25, -0.2) is 4.98 Å². The minimum absolute atomic E-state index is 0.0694. The number of nitrogens with zero attached hydrogens (tertiary/aromatic N) is 2. The van der Waals surface area contributed by atoms with Crippen LogP contribution in [-0.4, -0.2) is 21.3 Å². The van der Waals surface area contributed by atoms with Crippen LogP contribution in [0.5, 0.6) is 5.75 Å². The molecule has 4 rings (SSSR count). The molecule has 25 heavy (non-hydrogen) atoms. The molecule has 5 nitrogen and oxygen atoms in total. The summed E-state index contributed by atoms with van der Waals surface area (Å²) < 4.78 is 13.1. The van der Waals surface area contributed by atoms with Gasteiger partial charge >= 0.3 is 0 Å². The van der Waals surface area contributed by atoms with E-state index in [0.29, 0.717) is 25.6 Å². The maximum absolute atomic E-state index is 9.64. The van der Waals surface area contributed by atoms with Gasteiger partial charge in [0.1, 0.15) is 11.6 Å². The first-order valence-electron chi connectivity index (χ1n) is 8.40. The fourth-order valence-corrected chi connectivity index (χ4v) is 3.17. The van der Waals surface area contributed by atoms with Crippen LogP contribution in [0.2, 0.25) is 0 Å². The third-order valence-corrected chi connectivity index (χ3v) is 4.41. The molecule has 2 heterocycles. The van der Waals surface area contributed by atoms with Gasteiger partial charge in [0.25, 0.3) is 0 Å². The monoisotopic (exact) mass is 336 g/mol. The van der Waals surface area contributed by atoms with E-state index in [9.17, 15) is 5.11 Å². The van der Waals surface area contributed by atoms with Gasteiger partial charge in [-0.3, -0.25) is 4.57 Å². The maximum Gasteiger partial charge on any atom is 0.144 e. The predicted molar refractivity (Wildman–Crippen MR) is 94.6 cm³/mol. The van der Waals surface area contributed by atoms with Crippen molar-refractivity contribution in [1.29, 1.82) is 0 Å². The number of aliphatic hydroxyl groups excluding tert-OH is 1. The lowest BCUT2D eigenvalue weighted by molar-refractivity contribution is 0.134. The Kier molecular flexibility index (Phi) is 4.26. The minimum Gasteiger partial charge on any atom is -0.494 e. The second kappa shape index (κ2) is 6.70. The molecule has 128 valence electrons. The van der Waals surface area contributed by atoms with E-state index in [1.54, 1.807) is 6.20 Å². The van der Waals surface area contributed by atoms with Gasteiger partial charge in [0, 0.05) is 29.2 Å². The van der Waals surface area contributed by atoms with E-state index in [0.717, 1.165) is 22.6 Å². The second-order valence-corrected chi connectivity index (χ2v) is 5.98. The Morgan fingerprint density at radius 3 is 2.88 bits per heavy atom. The van der Waals surface area contributed by atoms with Crippen LogP contribution in [-0.2, 0) is 24.6 Å². The molecule has 0 atom stereocenters. The zero-order valence-electron chi connectivity index (χ0n) is 14.1. The summed E-state index contributed by atoms with van der Waals surface area (Å²) in [5, 5.41) is 9.64. The Morgan fingerprint density at radius 2 is 2.04 bits per heavy atom. The number of hydrogen-bond donors (Lipinski definition) is 1. The smallest absolute Gasteiger partial charge is 0.144 e. The van der Waals surface area contributed by atoms with E-state index >= 15 is 0 Å². The van der Waals surface area contributed by atoms with Crippen molar-refractivity contribution in [3.8, 4) is 22.8 Å². The third-order valence-electron chi connectivity index (χ3n) is 4.41. The summed E-state index contributed by atoms with van der Waals surface area (Å²) in [6.07, 6.45) is 3.73. The molecule has 1 aliphatic heterocycles. The summed E-state index contributed by atoms with van der Waals surface area (Å²) in [5.74, 6) is 1.54. The van der Waals surface area contributed by atoms with Gasteiger partial charge in [-0.15, -0.1) is 0 Å². The lowest BCUT2D eigenvalue weighted by Crippen LogP contribution is -2.00. The van der Waals surface area contributed by atoms with Crippen molar-refractivity contribution in [3.63, 3.8) is 0 Å². The lowest BCUT2D eigenvalue weighted by atomic mass is 10.1. The standard InChI is InChI=1S/C20H20N2O3/c1-2-25-19-6-4-14(9-16(19)11-23)20-21-7-8-22(20)18-5-3-15-12-24-13-17(15)10-18/h3-10,23H,2,11-13H2,1H3. The lowest BCUT2D eigenvalue weighted by Gasteiger charge is -2.12. The van der Waals surface area contributed by atoms with Crippen LogP contribution in [0.25, 0.3) is 17.1 Å². The number of imidazole rings is 1. The molecule has 0 bridgehead atoms. The summed E-state index contributed by atoms with van der Waals surface area (Å²) in [4.78, 5) is 4.52. The van der Waals surface area contributed by atoms with Crippen molar-refractivity contribution >= 4 is 0 Å². The van der Waals surface area contributed by atoms with Gasteiger partial charge in [0.15, 0.2) is 0 Å². The van der Waals surface area contributed by atoms with Crippen molar-refractivity contribution in [2.24, 2.45) is 0 Å². The minimum atomic E-state index is -0.0694. The highest BCUT2D eigenvalue weighted by atomic mass is 16.5. The molecule has 0 saturated heterocycles. The molecular weight excluding hydrogens is 316 g/mol. The van der Waals surface area contributed by atoms with Crippen molar-refractivity contribution in [3.05, 3.63) is 65.5 Å². The molecule has 3 aromatic rings. The van der Waals surface area contributed by atoms with E-state index in [-0.39, 0.29) is 6.61 Å². The summed E-state index contributed by atoms with van der Waals surface area (Å²) >= 11 is 0. The molecule has 1 aromatic heterocycles. The van der Waals surface area contributed by atoms with E-state index in [4.69, 9.17) is 9.47 Å². The van der Waals surface area contributed by atoms with Crippen LogP contribution in [0.4, 0.5) is 0 Å². The number of ether oxygens (including phenoxy) is 2. The highest BCUT2D eigenvalue weighted by Gasteiger charge is 2.15. The van der Waals surface area contributed by atoms with Crippen LogP contribution in [0.15, 0.2) is 48.8 Å². The Labute approximate surface area is 146 Å². The Balaban J connectivity index is 1.75. The third kappa shape index (κ3) is 2.92. The number of hydrogen-bond acceptors (Lipinski definition) is 4. The fourth-order valence-electron chi connectivity index (χ4n) is 3.17. The van der Waals surface area contributed by atoms with Gasteiger partial charge < -0.3 is 14.6 Å². The molecule has 0 amide bonds. The predicted octanol–water partition coefficient (Wildman–Crippen LogP) is 3.46. The van der Waals surface area contributed by atoms with E-state index in [1.165, 1.54) is 11.1 Å². The maximum atomic E-state index is 9.64. The molecule has 0 radical (unpaired) electrons. The zero-order valence-corrected chi connectivity index (χ0v) is 14.1. The fraction of sp³-hybridized carbons (Fsp3) is 0.250. The molecule has 1 N–H and O–H groups in total. The summed E-state index contributed by atoms with van der Waals surface area (Å²) in [6.45, 7) is 3.77. The number of aliphatic hydroxyl groups is 1. The molecule has 2 aromatic carbocycles. The summed E-state index contributed by atoms with van der Waals surface area (Å²) in [6, 6.07) is 12.1. The largest absolute Gasteiger partial charge is 0.494 e. The van der Waals surface area contributed by atoms with Crippen molar-refractivity contribution < 1.29 is 14.6 Å². The quantitative estimate of drug-likeness (QED) is 0.775. The van der Waals surface area contributed by atoms with Crippen molar-refractivity contribution in [1.82, 2.24) is 9.55 Å². The average molecular weight is 336 g/mol. The highest BCUT2D eigenvalue weighted by Crippen LogP contribution is 2.29. The van der Waals surface area contributed by atoms with Crippen molar-refractivity contribution in [2.75, 3.05) is 6.61 Å². The normalized spacial score (nSPS) is 13.0. The van der Waals surface area contributed by atoms with E-state index in [1.807, 2.05) is 31.3 Å². The zero-order chi connectivity index (χ0) is 17.2. The first kappa shape index (κ1) is 15.9. The summed E-state index contributed by atoms with van der Waals surface area (Å²) in [7, 11) is 0. The number of fused-ring (bicyclic) bond motifs is 1. The second-order valence-electron chi connectivity index (χ2n) is 5.98. The van der Waals surface area contributed by atoms with Crippen LogP contribution < -0.4 is 4.74 Å². The van der Waals surface area contributed by atoms with Gasteiger partial charge in [-0.1, -0.05) is 6.07 Å². The van der Waals surface area contributed by atoms with Crippen LogP contribution >= 0.6 is 0 Å². The van der Waals surface area contributed by atoms with Crippen LogP contribution in [0.3, 0.4) is 0 Å². The molecule has 0 unspecified atom stereocenters. The number of rotatable bonds is 5. The Bertz CT molecular complexity index is 902. The first-order valence-corrected chi connectivity index (χ1v) is 8.40. The SMILES string of the molecule is CCOc1ccc(-c2nccn2-c2ccc3c(c2)COC3)cc1CO. The first-order chi connectivity index (χ1) is 12.3. The Morgan fingerprint density at radius 1 is 1.16 bits per heavy atom. The topological polar surface area (TPSA) is 56.5 Å². The van der Waals surface area contributed by atoms with E-state index < -0.39 is 0 Å². The Hall–Kier alpha value is -2.63. The van der Waals surface area contributed by atoms with Crippen LogP contribution in [0.1, 0.15) is 23.6 Å². The molecule has 1 aliphatic rings. The average Bonchev–Trinajstić information content (AvgIpc) is 3.30. The molecular formula is C20H20N2O3. The molecule has 0 aliphatic carbocycles.